The second-order valence-corrected chi connectivity index (χ2v) is 9.72. The molecule has 1 N–H and O–H groups in total. The molecule has 35 heavy (non-hydrogen) atoms. The Labute approximate surface area is 211 Å². The maximum Gasteiger partial charge on any atom is 0.417 e. The molecule has 0 saturated carbocycles. The molecular formula is C23H20Cl2F7NOS. The van der Waals surface area contributed by atoms with E-state index in [4.69, 9.17) is 23.2 Å². The van der Waals surface area contributed by atoms with Crippen molar-refractivity contribution < 1.29 is 35.5 Å². The number of carbonyl (C=O) groups excluding carboxylic acids is 1. The molecule has 192 valence electrons. The minimum Gasteiger partial charge on any atom is -0.349 e. The van der Waals surface area contributed by atoms with Gasteiger partial charge in [-0.15, -0.1) is 0 Å². The highest BCUT2D eigenvalue weighted by molar-refractivity contribution is 7.99. The van der Waals surface area contributed by atoms with Crippen molar-refractivity contribution in [3.05, 3.63) is 74.8 Å². The fraction of sp³-hybridized carbons (Fsp3) is 0.348. The van der Waals surface area contributed by atoms with E-state index >= 15 is 0 Å². The summed E-state index contributed by atoms with van der Waals surface area (Å²) in [6.45, 7) is 3.50. The maximum atomic E-state index is 14.9. The average molecular weight is 562 g/mol. The first kappa shape index (κ1) is 29.3. The Bertz CT molecular complexity index is 1070. The van der Waals surface area contributed by atoms with Crippen LogP contribution in [0.25, 0.3) is 5.83 Å². The van der Waals surface area contributed by atoms with Gasteiger partial charge in [0.25, 0.3) is 5.91 Å². The molecule has 0 spiro atoms. The number of hydrogen-bond acceptors (Lipinski definition) is 2. The maximum absolute atomic E-state index is 14.9. The van der Waals surface area contributed by atoms with Gasteiger partial charge in [-0.05, 0) is 54.6 Å². The summed E-state index contributed by atoms with van der Waals surface area (Å²) in [6.07, 6.45) is -9.92. The number of halogens is 9. The Kier molecular flexibility index (Phi) is 9.96. The molecule has 2 rings (SSSR count). The van der Waals surface area contributed by atoms with E-state index in [1.807, 2.05) is 6.92 Å². The normalized spacial score (nSPS) is 14.5. The predicted octanol–water partition coefficient (Wildman–Crippen LogP) is 8.54. The fourth-order valence-electron chi connectivity index (χ4n) is 3.14. The Hall–Kier alpha value is -1.91. The lowest BCUT2D eigenvalue weighted by Gasteiger charge is -2.19. The standard InChI is InChI=1S/C23H20Cl2F7NOS/c1-3-35-11-12(2)33-21(34)17-5-4-13(8-19(17)23(30,31)32)20(26)10-18(22(27,28)29)14-6-15(24)9-16(25)7-14/h4-10,12,18H,3,11H2,1-2H3,(H,33,34)/b20-10-. The Morgan fingerprint density at radius 3 is 2.17 bits per heavy atom. The van der Waals surface area contributed by atoms with Crippen molar-refractivity contribution in [2.75, 3.05) is 11.5 Å². The molecule has 0 fully saturated rings. The van der Waals surface area contributed by atoms with E-state index in [0.29, 0.717) is 11.8 Å². The largest absolute Gasteiger partial charge is 0.417 e. The van der Waals surface area contributed by atoms with Crippen molar-refractivity contribution in [3.8, 4) is 0 Å². The molecule has 12 heteroatoms. The summed E-state index contributed by atoms with van der Waals surface area (Å²) in [6, 6.07) is 4.47. The highest BCUT2D eigenvalue weighted by Crippen LogP contribution is 2.41. The van der Waals surface area contributed by atoms with Crippen LogP contribution < -0.4 is 5.32 Å². The van der Waals surface area contributed by atoms with Crippen molar-refractivity contribution >= 4 is 46.7 Å². The second-order valence-electron chi connectivity index (χ2n) is 7.53. The minimum absolute atomic E-state index is 0.128. The molecule has 2 unspecified atom stereocenters. The molecule has 0 aromatic heterocycles. The van der Waals surface area contributed by atoms with Crippen LogP contribution in [0, 0.1) is 0 Å². The third kappa shape index (κ3) is 8.32. The summed E-state index contributed by atoms with van der Waals surface area (Å²) in [5, 5.41) is 2.18. The first-order valence-corrected chi connectivity index (χ1v) is 12.0. The van der Waals surface area contributed by atoms with Crippen LogP contribution in [0.1, 0.15) is 46.8 Å². The number of alkyl halides is 6. The van der Waals surface area contributed by atoms with Gasteiger partial charge in [0.2, 0.25) is 0 Å². The number of rotatable bonds is 8. The quantitative estimate of drug-likeness (QED) is 0.327. The van der Waals surface area contributed by atoms with Crippen molar-refractivity contribution in [2.24, 2.45) is 0 Å². The summed E-state index contributed by atoms with van der Waals surface area (Å²) < 4.78 is 96.8. The van der Waals surface area contributed by atoms with Gasteiger partial charge in [0, 0.05) is 27.4 Å². The number of thioether (sulfide) groups is 1. The minimum atomic E-state index is -5.06. The van der Waals surface area contributed by atoms with Gasteiger partial charge in [0.05, 0.1) is 11.1 Å². The average Bonchev–Trinajstić information content (AvgIpc) is 2.73. The molecule has 0 heterocycles. The van der Waals surface area contributed by atoms with Crippen molar-refractivity contribution in [1.29, 1.82) is 0 Å². The third-order valence-corrected chi connectivity index (χ3v) is 6.28. The number of benzene rings is 2. The molecule has 0 bridgehead atoms. The van der Waals surface area contributed by atoms with Crippen molar-refractivity contribution in [2.45, 2.75) is 38.2 Å². The molecule has 1 amide bonds. The smallest absolute Gasteiger partial charge is 0.349 e. The third-order valence-electron chi connectivity index (χ3n) is 4.70. The second kappa shape index (κ2) is 11.9. The van der Waals surface area contributed by atoms with E-state index in [-0.39, 0.29) is 16.1 Å². The molecular weight excluding hydrogens is 542 g/mol. The molecule has 0 radical (unpaired) electrons. The molecule has 0 aliphatic heterocycles. The number of nitrogens with one attached hydrogen (secondary N) is 1. The summed E-state index contributed by atoms with van der Waals surface area (Å²) in [5.74, 6) is -3.92. The summed E-state index contributed by atoms with van der Waals surface area (Å²) in [4.78, 5) is 12.4. The summed E-state index contributed by atoms with van der Waals surface area (Å²) >= 11 is 13.0. The van der Waals surface area contributed by atoms with Crippen LogP contribution in [-0.2, 0) is 6.18 Å². The first-order chi connectivity index (χ1) is 16.1. The van der Waals surface area contributed by atoms with Crippen LogP contribution in [0.5, 0.6) is 0 Å². The molecule has 2 nitrogen and oxygen atoms in total. The van der Waals surface area contributed by atoms with Gasteiger partial charge in [-0.3, -0.25) is 4.79 Å². The van der Waals surface area contributed by atoms with Crippen LogP contribution in [0.3, 0.4) is 0 Å². The molecule has 0 saturated heterocycles. The van der Waals surface area contributed by atoms with Gasteiger partial charge in [-0.1, -0.05) is 36.2 Å². The van der Waals surface area contributed by atoms with Gasteiger partial charge in [0.1, 0.15) is 11.7 Å². The summed E-state index contributed by atoms with van der Waals surface area (Å²) in [5.41, 5.74) is -3.50. The number of carbonyl (C=O) groups is 1. The van der Waals surface area contributed by atoms with Crippen LogP contribution in [0.2, 0.25) is 10.0 Å². The van der Waals surface area contributed by atoms with E-state index in [9.17, 15) is 35.5 Å². The van der Waals surface area contributed by atoms with Crippen LogP contribution >= 0.6 is 35.0 Å². The Morgan fingerprint density at radius 2 is 1.66 bits per heavy atom. The van der Waals surface area contributed by atoms with E-state index in [0.717, 1.165) is 30.0 Å². The highest BCUT2D eigenvalue weighted by atomic mass is 35.5. The predicted molar refractivity (Wildman–Crippen MR) is 126 cm³/mol. The molecule has 2 aromatic carbocycles. The number of allylic oxidation sites excluding steroid dienone is 1. The lowest BCUT2D eigenvalue weighted by Crippen LogP contribution is -2.35. The van der Waals surface area contributed by atoms with E-state index in [1.165, 1.54) is 17.8 Å². The fourth-order valence-corrected chi connectivity index (χ4v) is 4.36. The summed E-state index contributed by atoms with van der Waals surface area (Å²) in [7, 11) is 0. The molecule has 2 atom stereocenters. The van der Waals surface area contributed by atoms with Crippen molar-refractivity contribution in [1.82, 2.24) is 5.32 Å². The van der Waals surface area contributed by atoms with Gasteiger partial charge < -0.3 is 5.32 Å². The van der Waals surface area contributed by atoms with Gasteiger partial charge >= 0.3 is 12.4 Å². The number of hydrogen-bond donors (Lipinski definition) is 1. The topological polar surface area (TPSA) is 29.1 Å². The zero-order chi connectivity index (χ0) is 26.6. The monoisotopic (exact) mass is 561 g/mol. The lowest BCUT2D eigenvalue weighted by atomic mass is 9.95. The lowest BCUT2D eigenvalue weighted by molar-refractivity contribution is -0.140. The zero-order valence-corrected chi connectivity index (χ0v) is 20.7. The van der Waals surface area contributed by atoms with Crippen molar-refractivity contribution in [3.63, 3.8) is 0 Å². The van der Waals surface area contributed by atoms with E-state index in [1.54, 1.807) is 6.92 Å². The van der Waals surface area contributed by atoms with Gasteiger partial charge in [-0.25, -0.2) is 4.39 Å². The zero-order valence-electron chi connectivity index (χ0n) is 18.3. The van der Waals surface area contributed by atoms with Gasteiger partial charge in [-0.2, -0.15) is 38.1 Å². The Morgan fingerprint density at radius 1 is 1.06 bits per heavy atom. The SMILES string of the molecule is CCSCC(C)NC(=O)c1ccc(/C(F)=C/C(c2cc(Cl)cc(Cl)c2)C(F)(F)F)cc1C(F)(F)F. The molecule has 0 aliphatic carbocycles. The molecule has 0 aliphatic rings. The Balaban J connectivity index is 2.49. The van der Waals surface area contributed by atoms with E-state index in [2.05, 4.69) is 5.32 Å². The number of amides is 1. The highest BCUT2D eigenvalue weighted by Gasteiger charge is 2.41. The van der Waals surface area contributed by atoms with Crippen LogP contribution in [-0.4, -0.2) is 29.6 Å². The van der Waals surface area contributed by atoms with Gasteiger partial charge in [0.15, 0.2) is 0 Å². The van der Waals surface area contributed by atoms with Crippen LogP contribution in [0.4, 0.5) is 30.7 Å². The van der Waals surface area contributed by atoms with E-state index < -0.39 is 58.3 Å². The first-order valence-electron chi connectivity index (χ1n) is 10.1. The van der Waals surface area contributed by atoms with Crippen LogP contribution in [0.15, 0.2) is 42.5 Å². The molecule has 2 aromatic rings.